The van der Waals surface area contributed by atoms with E-state index in [0.29, 0.717) is 5.69 Å². The lowest BCUT2D eigenvalue weighted by molar-refractivity contribution is -0.124. The molecule has 1 atom stereocenters. The molecular weight excluding hydrogens is 316 g/mol. The second-order valence-corrected chi connectivity index (χ2v) is 7.81. The Kier molecular flexibility index (Phi) is 5.79. The number of amides is 1. The fourth-order valence-corrected chi connectivity index (χ4v) is 4.21. The van der Waals surface area contributed by atoms with Gasteiger partial charge in [0.2, 0.25) is 0 Å². The number of nitrogens with zero attached hydrogens (tertiary/aromatic N) is 4. The molecule has 6 nitrogen and oxygen atoms in total. The highest BCUT2D eigenvalue weighted by atomic mass is 16.5. The minimum Gasteiger partial charge on any atom is -0.375 e. The van der Waals surface area contributed by atoms with Gasteiger partial charge in [0.1, 0.15) is 5.69 Å². The molecule has 3 rings (SSSR count). The first-order valence-electron chi connectivity index (χ1n) is 9.63. The smallest absolute Gasteiger partial charge is 0.272 e. The van der Waals surface area contributed by atoms with Gasteiger partial charge >= 0.3 is 0 Å². The number of rotatable bonds is 5. The second kappa shape index (κ2) is 7.87. The molecular formula is C19H32N4O2. The van der Waals surface area contributed by atoms with E-state index < -0.39 is 0 Å². The summed E-state index contributed by atoms with van der Waals surface area (Å²) in [6, 6.07) is 1.82. The Balaban J connectivity index is 1.56. The van der Waals surface area contributed by atoms with Crippen LogP contribution in [0.3, 0.4) is 0 Å². The Bertz CT molecular complexity index is 576. The van der Waals surface area contributed by atoms with Gasteiger partial charge in [0.15, 0.2) is 0 Å². The van der Waals surface area contributed by atoms with Crippen molar-refractivity contribution in [3.8, 4) is 0 Å². The number of carbonyl (C=O) groups is 1. The largest absolute Gasteiger partial charge is 0.375 e. The van der Waals surface area contributed by atoms with Gasteiger partial charge in [-0.15, -0.1) is 0 Å². The number of aromatic nitrogens is 2. The minimum atomic E-state index is -0.00297. The zero-order valence-electron chi connectivity index (χ0n) is 15.9. The third-order valence-corrected chi connectivity index (χ3v) is 5.78. The molecule has 2 aliphatic rings. The molecule has 2 aliphatic heterocycles. The van der Waals surface area contributed by atoms with Crippen LogP contribution in [-0.4, -0.2) is 71.4 Å². The van der Waals surface area contributed by atoms with Crippen molar-refractivity contribution < 1.29 is 9.53 Å². The van der Waals surface area contributed by atoms with Crippen molar-refractivity contribution in [3.05, 3.63) is 18.0 Å². The molecule has 2 fully saturated rings. The molecule has 140 valence electrons. The van der Waals surface area contributed by atoms with Crippen LogP contribution in [0.25, 0.3) is 0 Å². The predicted octanol–water partition coefficient (Wildman–Crippen LogP) is 2.26. The normalized spacial score (nSPS) is 23.4. The Labute approximate surface area is 151 Å². The van der Waals surface area contributed by atoms with Gasteiger partial charge in [-0.05, 0) is 71.7 Å². The Morgan fingerprint density at radius 1 is 1.40 bits per heavy atom. The van der Waals surface area contributed by atoms with Crippen molar-refractivity contribution in [2.75, 3.05) is 40.3 Å². The average molecular weight is 348 g/mol. The standard InChI is InChI=1S/C19H32N4O2/c1-4-23-17(5-10-20-23)18(24)22-12-8-19(9-13-22)15-16(7-14-25-19)6-11-21(2)3/h5,10,16H,4,6-9,11-15H2,1-3H3. The zero-order chi connectivity index (χ0) is 17.9. The molecule has 0 N–H and O–H groups in total. The van der Waals surface area contributed by atoms with E-state index in [2.05, 4.69) is 24.1 Å². The maximum Gasteiger partial charge on any atom is 0.272 e. The first-order valence-corrected chi connectivity index (χ1v) is 9.63. The fourth-order valence-electron chi connectivity index (χ4n) is 4.21. The van der Waals surface area contributed by atoms with E-state index >= 15 is 0 Å². The van der Waals surface area contributed by atoms with Crippen LogP contribution in [0.1, 0.15) is 49.5 Å². The number of piperidine rings is 1. The lowest BCUT2D eigenvalue weighted by Crippen LogP contribution is -2.51. The first-order chi connectivity index (χ1) is 12.0. The van der Waals surface area contributed by atoms with E-state index in [0.717, 1.165) is 58.0 Å². The highest BCUT2D eigenvalue weighted by molar-refractivity contribution is 5.92. The number of carbonyl (C=O) groups excluding carboxylic acids is 1. The van der Waals surface area contributed by atoms with Crippen molar-refractivity contribution in [1.29, 1.82) is 0 Å². The lowest BCUT2D eigenvalue weighted by Gasteiger charge is -2.46. The highest BCUT2D eigenvalue weighted by Gasteiger charge is 2.41. The zero-order valence-corrected chi connectivity index (χ0v) is 15.9. The fraction of sp³-hybridized carbons (Fsp3) is 0.789. The molecule has 0 aromatic carbocycles. The van der Waals surface area contributed by atoms with E-state index in [1.807, 2.05) is 17.9 Å². The van der Waals surface area contributed by atoms with Crippen molar-refractivity contribution >= 4 is 5.91 Å². The third-order valence-electron chi connectivity index (χ3n) is 5.78. The molecule has 1 aromatic heterocycles. The molecule has 1 amide bonds. The molecule has 0 aliphatic carbocycles. The summed E-state index contributed by atoms with van der Waals surface area (Å²) in [6.07, 6.45) is 7.19. The van der Waals surface area contributed by atoms with E-state index in [-0.39, 0.29) is 11.5 Å². The van der Waals surface area contributed by atoms with Crippen LogP contribution in [0.4, 0.5) is 0 Å². The second-order valence-electron chi connectivity index (χ2n) is 7.81. The SMILES string of the molecule is CCn1nccc1C(=O)N1CCC2(CC1)CC(CCN(C)C)CCO2. The molecule has 1 spiro atoms. The molecule has 1 unspecified atom stereocenters. The van der Waals surface area contributed by atoms with Crippen LogP contribution < -0.4 is 0 Å². The Hall–Kier alpha value is -1.40. The quantitative estimate of drug-likeness (QED) is 0.819. The molecule has 0 saturated carbocycles. The van der Waals surface area contributed by atoms with Crippen LogP contribution in [0, 0.1) is 5.92 Å². The summed E-state index contributed by atoms with van der Waals surface area (Å²) in [6.45, 7) is 6.32. The van der Waals surface area contributed by atoms with Gasteiger partial charge in [0.05, 0.1) is 5.60 Å². The predicted molar refractivity (Wildman–Crippen MR) is 97.6 cm³/mol. The van der Waals surface area contributed by atoms with Gasteiger partial charge in [-0.2, -0.15) is 5.10 Å². The third kappa shape index (κ3) is 4.23. The maximum atomic E-state index is 12.8. The maximum absolute atomic E-state index is 12.8. The Morgan fingerprint density at radius 2 is 2.16 bits per heavy atom. The van der Waals surface area contributed by atoms with E-state index in [1.165, 1.54) is 12.8 Å². The summed E-state index contributed by atoms with van der Waals surface area (Å²) >= 11 is 0. The molecule has 6 heteroatoms. The summed E-state index contributed by atoms with van der Waals surface area (Å²) in [5.41, 5.74) is 0.698. The monoisotopic (exact) mass is 348 g/mol. The van der Waals surface area contributed by atoms with Gasteiger partial charge in [0.25, 0.3) is 5.91 Å². The number of ether oxygens (including phenoxy) is 1. The molecule has 1 aromatic rings. The molecule has 0 radical (unpaired) electrons. The van der Waals surface area contributed by atoms with Crippen molar-refractivity contribution in [3.63, 3.8) is 0 Å². The van der Waals surface area contributed by atoms with E-state index in [9.17, 15) is 4.79 Å². The summed E-state index contributed by atoms with van der Waals surface area (Å²) < 4.78 is 8.02. The highest BCUT2D eigenvalue weighted by Crippen LogP contribution is 2.39. The van der Waals surface area contributed by atoms with Crippen LogP contribution in [0.15, 0.2) is 12.3 Å². The van der Waals surface area contributed by atoms with Crippen molar-refractivity contribution in [2.24, 2.45) is 5.92 Å². The molecule has 25 heavy (non-hydrogen) atoms. The van der Waals surface area contributed by atoms with Gasteiger partial charge < -0.3 is 14.5 Å². The number of hydrogen-bond acceptors (Lipinski definition) is 4. The number of hydrogen-bond donors (Lipinski definition) is 0. The van der Waals surface area contributed by atoms with Crippen molar-refractivity contribution in [1.82, 2.24) is 19.6 Å². The number of aryl methyl sites for hydroxylation is 1. The van der Waals surface area contributed by atoms with Crippen LogP contribution in [-0.2, 0) is 11.3 Å². The summed E-state index contributed by atoms with van der Waals surface area (Å²) in [5, 5.41) is 4.22. The molecule has 2 saturated heterocycles. The van der Waals surface area contributed by atoms with Gasteiger partial charge in [-0.25, -0.2) is 0 Å². The minimum absolute atomic E-state index is 0.00297. The van der Waals surface area contributed by atoms with E-state index in [1.54, 1.807) is 10.9 Å². The van der Waals surface area contributed by atoms with Gasteiger partial charge in [-0.3, -0.25) is 9.48 Å². The summed E-state index contributed by atoms with van der Waals surface area (Å²) in [5.74, 6) is 0.856. The molecule has 0 bridgehead atoms. The Morgan fingerprint density at radius 3 is 2.84 bits per heavy atom. The topological polar surface area (TPSA) is 50.6 Å². The van der Waals surface area contributed by atoms with Crippen LogP contribution in [0.2, 0.25) is 0 Å². The van der Waals surface area contributed by atoms with Crippen LogP contribution >= 0.6 is 0 Å². The van der Waals surface area contributed by atoms with Gasteiger partial charge in [-0.1, -0.05) is 0 Å². The van der Waals surface area contributed by atoms with Crippen molar-refractivity contribution in [2.45, 2.75) is 51.2 Å². The summed E-state index contributed by atoms with van der Waals surface area (Å²) in [7, 11) is 4.28. The summed E-state index contributed by atoms with van der Waals surface area (Å²) in [4.78, 5) is 17.0. The average Bonchev–Trinajstić information content (AvgIpc) is 3.09. The van der Waals surface area contributed by atoms with E-state index in [4.69, 9.17) is 4.74 Å². The van der Waals surface area contributed by atoms with Gasteiger partial charge in [0, 0.05) is 32.4 Å². The van der Waals surface area contributed by atoms with Crippen LogP contribution in [0.5, 0.6) is 0 Å². The lowest BCUT2D eigenvalue weighted by atomic mass is 9.78. The molecule has 3 heterocycles. The first kappa shape index (κ1) is 18.4. The number of likely N-dealkylation sites (tertiary alicyclic amines) is 1.